The standard InChI is InChI=1S/C19H19N3O3S/c1-4-25-19(24)18-20-15(12-8-6-5-7-9-12)17(26-18)16-13(11(2)3)10-14(23)21-22-16/h5-11H,4H2,1-3H3,(H,21,23). The lowest BCUT2D eigenvalue weighted by atomic mass is 10.00. The maximum atomic E-state index is 12.2. The third kappa shape index (κ3) is 3.57. The van der Waals surface area contributed by atoms with Crippen molar-refractivity contribution in [2.24, 2.45) is 0 Å². The molecule has 0 saturated carbocycles. The second-order valence-corrected chi connectivity index (χ2v) is 6.97. The van der Waals surface area contributed by atoms with E-state index in [1.807, 2.05) is 44.2 Å². The zero-order valence-electron chi connectivity index (χ0n) is 14.8. The number of hydrogen-bond acceptors (Lipinski definition) is 6. The van der Waals surface area contributed by atoms with Crippen LogP contribution in [-0.4, -0.2) is 27.8 Å². The fourth-order valence-electron chi connectivity index (χ4n) is 2.59. The number of benzene rings is 1. The van der Waals surface area contributed by atoms with Crippen molar-refractivity contribution >= 4 is 17.3 Å². The molecule has 0 atom stereocenters. The molecule has 1 N–H and O–H groups in total. The summed E-state index contributed by atoms with van der Waals surface area (Å²) in [6.07, 6.45) is 0. The van der Waals surface area contributed by atoms with Crippen molar-refractivity contribution in [3.05, 3.63) is 57.3 Å². The van der Waals surface area contributed by atoms with Crippen molar-refractivity contribution in [2.75, 3.05) is 6.61 Å². The van der Waals surface area contributed by atoms with Crippen LogP contribution in [-0.2, 0) is 4.74 Å². The predicted molar refractivity (Wildman–Crippen MR) is 101 cm³/mol. The molecule has 26 heavy (non-hydrogen) atoms. The molecule has 0 bridgehead atoms. The van der Waals surface area contributed by atoms with E-state index in [9.17, 15) is 9.59 Å². The summed E-state index contributed by atoms with van der Waals surface area (Å²) in [5, 5.41) is 7.02. The van der Waals surface area contributed by atoms with Crippen LogP contribution >= 0.6 is 11.3 Å². The third-order valence-electron chi connectivity index (χ3n) is 3.80. The second-order valence-electron chi connectivity index (χ2n) is 5.97. The molecule has 3 rings (SSSR count). The molecule has 0 radical (unpaired) electrons. The van der Waals surface area contributed by atoms with Gasteiger partial charge >= 0.3 is 5.97 Å². The summed E-state index contributed by atoms with van der Waals surface area (Å²) in [4.78, 5) is 29.2. The number of aromatic amines is 1. The van der Waals surface area contributed by atoms with Gasteiger partial charge in [0.25, 0.3) is 5.56 Å². The van der Waals surface area contributed by atoms with Gasteiger partial charge in [-0.15, -0.1) is 11.3 Å². The summed E-state index contributed by atoms with van der Waals surface area (Å²) < 4.78 is 5.10. The molecule has 0 fully saturated rings. The first-order valence-electron chi connectivity index (χ1n) is 8.34. The Kier molecular flexibility index (Phi) is 5.27. The summed E-state index contributed by atoms with van der Waals surface area (Å²) in [7, 11) is 0. The highest BCUT2D eigenvalue weighted by atomic mass is 32.1. The van der Waals surface area contributed by atoms with E-state index in [-0.39, 0.29) is 23.1 Å². The van der Waals surface area contributed by atoms with Crippen LogP contribution in [0.2, 0.25) is 0 Å². The lowest BCUT2D eigenvalue weighted by molar-refractivity contribution is 0.0526. The van der Waals surface area contributed by atoms with Gasteiger partial charge in [-0.1, -0.05) is 44.2 Å². The molecule has 3 aromatic rings. The largest absolute Gasteiger partial charge is 0.461 e. The highest BCUT2D eigenvalue weighted by molar-refractivity contribution is 7.17. The summed E-state index contributed by atoms with van der Waals surface area (Å²) in [5.74, 6) is -0.368. The molecule has 6 nitrogen and oxygen atoms in total. The van der Waals surface area contributed by atoms with Crippen LogP contribution in [0.1, 0.15) is 42.1 Å². The van der Waals surface area contributed by atoms with Crippen LogP contribution in [0, 0.1) is 0 Å². The van der Waals surface area contributed by atoms with Crippen molar-refractivity contribution in [3.63, 3.8) is 0 Å². The molecule has 0 saturated heterocycles. The molecule has 0 aliphatic carbocycles. The van der Waals surface area contributed by atoms with Gasteiger partial charge in [-0.3, -0.25) is 4.79 Å². The molecular weight excluding hydrogens is 350 g/mol. The third-order valence-corrected chi connectivity index (χ3v) is 4.84. The second kappa shape index (κ2) is 7.61. The number of esters is 1. The molecule has 0 unspecified atom stereocenters. The molecule has 134 valence electrons. The highest BCUT2D eigenvalue weighted by Crippen LogP contribution is 2.38. The average Bonchev–Trinajstić information content (AvgIpc) is 3.08. The van der Waals surface area contributed by atoms with Crippen molar-refractivity contribution in [1.29, 1.82) is 0 Å². The first-order valence-corrected chi connectivity index (χ1v) is 9.16. The Morgan fingerprint density at radius 1 is 1.23 bits per heavy atom. The number of hydrogen-bond donors (Lipinski definition) is 1. The SMILES string of the molecule is CCOC(=O)c1nc(-c2ccccc2)c(-c2n[nH]c(=O)cc2C(C)C)s1. The fraction of sp³-hybridized carbons (Fsp3) is 0.263. The molecule has 0 aliphatic rings. The number of aromatic nitrogens is 3. The molecule has 0 spiro atoms. The normalized spacial score (nSPS) is 10.9. The lowest BCUT2D eigenvalue weighted by Gasteiger charge is -2.10. The van der Waals surface area contributed by atoms with Gasteiger partial charge in [0.15, 0.2) is 0 Å². The van der Waals surface area contributed by atoms with Gasteiger partial charge in [-0.2, -0.15) is 5.10 Å². The van der Waals surface area contributed by atoms with Gasteiger partial charge in [0.05, 0.1) is 17.2 Å². The van der Waals surface area contributed by atoms with Crippen LogP contribution in [0.4, 0.5) is 0 Å². The Morgan fingerprint density at radius 3 is 2.62 bits per heavy atom. The van der Waals surface area contributed by atoms with E-state index < -0.39 is 5.97 Å². The van der Waals surface area contributed by atoms with E-state index in [1.165, 1.54) is 11.3 Å². The Labute approximate surface area is 154 Å². The molecule has 1 aromatic carbocycles. The van der Waals surface area contributed by atoms with Crippen LogP contribution in [0.5, 0.6) is 0 Å². The first kappa shape index (κ1) is 18.0. The van der Waals surface area contributed by atoms with Crippen molar-refractivity contribution in [3.8, 4) is 21.8 Å². The topological polar surface area (TPSA) is 84.9 Å². The number of carbonyl (C=O) groups excluding carboxylic acids is 1. The number of rotatable bonds is 5. The monoisotopic (exact) mass is 369 g/mol. The lowest BCUT2D eigenvalue weighted by Crippen LogP contribution is -2.11. The number of H-pyrrole nitrogens is 1. The Bertz CT molecular complexity index is 977. The molecule has 0 aliphatic heterocycles. The summed E-state index contributed by atoms with van der Waals surface area (Å²) in [6, 6.07) is 11.1. The number of nitrogens with one attached hydrogen (secondary N) is 1. The summed E-state index contributed by atoms with van der Waals surface area (Å²) in [6.45, 7) is 6.03. The maximum Gasteiger partial charge on any atom is 0.367 e. The molecule has 2 heterocycles. The van der Waals surface area contributed by atoms with E-state index in [0.717, 1.165) is 16.0 Å². The summed E-state index contributed by atoms with van der Waals surface area (Å²) in [5.41, 5.74) is 2.71. The Hall–Kier alpha value is -2.80. The minimum Gasteiger partial charge on any atom is -0.461 e. The number of carbonyl (C=O) groups is 1. The van der Waals surface area contributed by atoms with E-state index in [0.29, 0.717) is 11.4 Å². The van der Waals surface area contributed by atoms with Crippen molar-refractivity contribution < 1.29 is 9.53 Å². The van der Waals surface area contributed by atoms with Crippen molar-refractivity contribution in [2.45, 2.75) is 26.7 Å². The molecule has 0 amide bonds. The molecule has 7 heteroatoms. The average molecular weight is 369 g/mol. The number of ether oxygens (including phenoxy) is 1. The number of thiazole rings is 1. The Morgan fingerprint density at radius 2 is 1.96 bits per heavy atom. The van der Waals surface area contributed by atoms with Gasteiger partial charge < -0.3 is 4.74 Å². The first-order chi connectivity index (χ1) is 12.5. The van der Waals surface area contributed by atoms with Gasteiger partial charge in [0, 0.05) is 11.6 Å². The van der Waals surface area contributed by atoms with Gasteiger partial charge in [-0.25, -0.2) is 14.9 Å². The fourth-order valence-corrected chi connectivity index (χ4v) is 3.58. The van der Waals surface area contributed by atoms with E-state index >= 15 is 0 Å². The van der Waals surface area contributed by atoms with Gasteiger partial charge in [0.2, 0.25) is 5.01 Å². The van der Waals surface area contributed by atoms with Crippen LogP contribution < -0.4 is 5.56 Å². The predicted octanol–water partition coefficient (Wildman–Crippen LogP) is 3.86. The Balaban J connectivity index is 2.23. The smallest absolute Gasteiger partial charge is 0.367 e. The molecule has 2 aromatic heterocycles. The zero-order valence-corrected chi connectivity index (χ0v) is 15.6. The minimum absolute atomic E-state index is 0.0940. The highest BCUT2D eigenvalue weighted by Gasteiger charge is 2.23. The van der Waals surface area contributed by atoms with Crippen molar-refractivity contribution in [1.82, 2.24) is 15.2 Å². The summed E-state index contributed by atoms with van der Waals surface area (Å²) >= 11 is 1.22. The van der Waals surface area contributed by atoms with Gasteiger partial charge in [0.1, 0.15) is 5.69 Å². The van der Waals surface area contributed by atoms with E-state index in [1.54, 1.807) is 13.0 Å². The number of nitrogens with zero attached hydrogens (tertiary/aromatic N) is 2. The van der Waals surface area contributed by atoms with E-state index in [4.69, 9.17) is 4.74 Å². The van der Waals surface area contributed by atoms with Crippen LogP contribution in [0.3, 0.4) is 0 Å². The van der Waals surface area contributed by atoms with Crippen LogP contribution in [0.15, 0.2) is 41.2 Å². The maximum absolute atomic E-state index is 12.2. The van der Waals surface area contributed by atoms with Crippen LogP contribution in [0.25, 0.3) is 21.8 Å². The molecular formula is C19H19N3O3S. The van der Waals surface area contributed by atoms with Gasteiger partial charge in [-0.05, 0) is 18.4 Å². The zero-order chi connectivity index (χ0) is 18.7. The van der Waals surface area contributed by atoms with E-state index in [2.05, 4.69) is 15.2 Å². The quantitative estimate of drug-likeness (QED) is 0.690. The minimum atomic E-state index is -0.462.